The molecule has 1 aliphatic carbocycles. The molecule has 2 atom stereocenters. The molecule has 0 amide bonds. The Labute approximate surface area is 125 Å². The van der Waals surface area contributed by atoms with E-state index in [1.54, 1.807) is 6.92 Å². The Hall–Kier alpha value is -1.30. The van der Waals surface area contributed by atoms with E-state index in [2.05, 4.69) is 5.32 Å². The molecule has 0 aromatic heterocycles. The first-order valence-electron chi connectivity index (χ1n) is 6.04. The average Bonchev–Trinajstić information content (AvgIpc) is 2.38. The summed E-state index contributed by atoms with van der Waals surface area (Å²) in [4.78, 5) is 0. The van der Waals surface area contributed by atoms with Gasteiger partial charge in [-0.1, -0.05) is 13.3 Å². The van der Waals surface area contributed by atoms with Crippen LogP contribution in [-0.4, -0.2) is 10.8 Å². The fraction of sp³-hybridized carbons (Fsp3) is 0.615. The van der Waals surface area contributed by atoms with E-state index in [1.807, 2.05) is 40.8 Å². The summed E-state index contributed by atoms with van der Waals surface area (Å²) in [5.41, 5.74) is -3.78. The second kappa shape index (κ2) is 4.37. The number of halogens is 1. The molecule has 1 heterocycles. The van der Waals surface area contributed by atoms with Crippen molar-refractivity contribution in [1.82, 2.24) is 5.32 Å². The molecule has 0 aromatic carbocycles. The van der Waals surface area contributed by atoms with Gasteiger partial charge in [0.2, 0.25) is 0 Å². The highest BCUT2D eigenvalue weighted by Crippen LogP contribution is 2.60. The van der Waals surface area contributed by atoms with Gasteiger partial charge in [0, 0.05) is 0 Å². The molecule has 0 aromatic rings. The zero-order valence-electron chi connectivity index (χ0n) is 10.5. The van der Waals surface area contributed by atoms with E-state index in [4.69, 9.17) is 0 Å². The number of rotatable bonds is 0. The van der Waals surface area contributed by atoms with Crippen molar-refractivity contribution >= 4 is 22.6 Å². The van der Waals surface area contributed by atoms with Crippen LogP contribution in [0.4, 0.5) is 0 Å². The van der Waals surface area contributed by atoms with Gasteiger partial charge in [-0.05, 0) is 41.9 Å². The minimum Gasteiger partial charge on any atom is -0.370 e. The van der Waals surface area contributed by atoms with Crippen LogP contribution >= 0.6 is 22.6 Å². The van der Waals surface area contributed by atoms with E-state index >= 15 is 0 Å². The molecular weight excluding hydrogens is 355 g/mol. The molecular formula is C13H13IN4O. The van der Waals surface area contributed by atoms with Gasteiger partial charge in [-0.15, -0.1) is 0 Å². The fourth-order valence-electron chi connectivity index (χ4n) is 3.24. The maximum atomic E-state index is 10.9. The molecule has 1 fully saturated rings. The monoisotopic (exact) mass is 368 g/mol. The normalized spacial score (nSPS) is 36.2. The molecule has 2 unspecified atom stereocenters. The molecule has 6 heteroatoms. The molecule has 1 aliphatic heterocycles. The Morgan fingerprint density at radius 2 is 1.79 bits per heavy atom. The standard InChI is InChI=1S/C13H13IN4O/c1-11-4-2-3-5-13(11,19)18-10(14)9(6-15)12(11,7-16)8-17/h18-19H,2-5H2,1H3. The van der Waals surface area contributed by atoms with E-state index in [-0.39, 0.29) is 5.57 Å². The summed E-state index contributed by atoms with van der Waals surface area (Å²) in [7, 11) is 0. The first-order valence-corrected chi connectivity index (χ1v) is 7.12. The first kappa shape index (κ1) is 14.1. The van der Waals surface area contributed by atoms with Crippen molar-refractivity contribution in [2.45, 2.75) is 38.3 Å². The van der Waals surface area contributed by atoms with Gasteiger partial charge in [0.05, 0.1) is 26.8 Å². The SMILES string of the molecule is CC12CCCCC1(O)NC(I)=C(C#N)C2(C#N)C#N. The molecule has 5 nitrogen and oxygen atoms in total. The van der Waals surface area contributed by atoms with Gasteiger partial charge >= 0.3 is 0 Å². The van der Waals surface area contributed by atoms with Crippen LogP contribution < -0.4 is 5.32 Å². The summed E-state index contributed by atoms with van der Waals surface area (Å²) < 4.78 is 0.394. The van der Waals surface area contributed by atoms with Gasteiger partial charge in [0.1, 0.15) is 11.8 Å². The molecule has 98 valence electrons. The van der Waals surface area contributed by atoms with Crippen LogP contribution in [-0.2, 0) is 0 Å². The highest BCUT2D eigenvalue weighted by Gasteiger charge is 2.67. The number of nitrogens with zero attached hydrogens (tertiary/aromatic N) is 3. The lowest BCUT2D eigenvalue weighted by atomic mass is 9.51. The number of aliphatic hydroxyl groups is 1. The van der Waals surface area contributed by atoms with Crippen molar-refractivity contribution in [3.05, 3.63) is 9.28 Å². The highest BCUT2D eigenvalue weighted by atomic mass is 127. The van der Waals surface area contributed by atoms with Crippen molar-refractivity contribution in [1.29, 1.82) is 15.8 Å². The lowest BCUT2D eigenvalue weighted by Crippen LogP contribution is -2.67. The summed E-state index contributed by atoms with van der Waals surface area (Å²) in [5, 5.41) is 42.3. The zero-order valence-corrected chi connectivity index (χ0v) is 12.7. The summed E-state index contributed by atoms with van der Waals surface area (Å²) in [6.45, 7) is 1.73. The first-order chi connectivity index (χ1) is 8.90. The molecule has 1 saturated carbocycles. The van der Waals surface area contributed by atoms with Gasteiger partial charge in [-0.3, -0.25) is 0 Å². The third-order valence-electron chi connectivity index (χ3n) is 4.56. The maximum absolute atomic E-state index is 10.9. The molecule has 2 N–H and O–H groups in total. The number of hydrogen-bond donors (Lipinski definition) is 2. The summed E-state index contributed by atoms with van der Waals surface area (Å²) >= 11 is 1.88. The highest BCUT2D eigenvalue weighted by molar-refractivity contribution is 14.1. The molecule has 19 heavy (non-hydrogen) atoms. The minimum atomic E-state index is -1.60. The Morgan fingerprint density at radius 3 is 2.32 bits per heavy atom. The van der Waals surface area contributed by atoms with Gasteiger partial charge in [-0.25, -0.2) is 0 Å². The predicted octanol–water partition coefficient (Wildman–Crippen LogP) is 2.06. The zero-order chi connectivity index (χ0) is 14.3. The van der Waals surface area contributed by atoms with E-state index in [9.17, 15) is 20.9 Å². The average molecular weight is 368 g/mol. The minimum absolute atomic E-state index is 0.118. The Morgan fingerprint density at radius 1 is 1.21 bits per heavy atom. The fourth-order valence-corrected chi connectivity index (χ4v) is 4.21. The molecule has 0 bridgehead atoms. The lowest BCUT2D eigenvalue weighted by Gasteiger charge is -2.56. The number of nitriles is 3. The number of fused-ring (bicyclic) bond motifs is 1. The van der Waals surface area contributed by atoms with E-state index < -0.39 is 16.6 Å². The molecule has 0 saturated heterocycles. The Kier molecular flexibility index (Phi) is 3.24. The van der Waals surface area contributed by atoms with Crippen molar-refractivity contribution in [3.63, 3.8) is 0 Å². The summed E-state index contributed by atoms with van der Waals surface area (Å²) in [6, 6.07) is 6.01. The smallest absolute Gasteiger partial charge is 0.190 e. The van der Waals surface area contributed by atoms with Crippen molar-refractivity contribution < 1.29 is 5.11 Å². The maximum Gasteiger partial charge on any atom is 0.190 e. The van der Waals surface area contributed by atoms with Crippen molar-refractivity contribution in [3.8, 4) is 18.2 Å². The van der Waals surface area contributed by atoms with Crippen LogP contribution in [0.1, 0.15) is 32.6 Å². The van der Waals surface area contributed by atoms with Gasteiger partial charge < -0.3 is 10.4 Å². The second-order valence-corrected chi connectivity index (χ2v) is 6.38. The number of hydrogen-bond acceptors (Lipinski definition) is 5. The van der Waals surface area contributed by atoms with Crippen LogP contribution in [0.5, 0.6) is 0 Å². The van der Waals surface area contributed by atoms with E-state index in [0.29, 0.717) is 16.5 Å². The van der Waals surface area contributed by atoms with Crippen LogP contribution in [0.25, 0.3) is 0 Å². The molecule has 0 radical (unpaired) electrons. The van der Waals surface area contributed by atoms with Gasteiger partial charge in [-0.2, -0.15) is 15.8 Å². The van der Waals surface area contributed by atoms with Gasteiger partial charge in [0.15, 0.2) is 5.41 Å². The third kappa shape index (κ3) is 1.52. The van der Waals surface area contributed by atoms with E-state index in [1.165, 1.54) is 0 Å². The van der Waals surface area contributed by atoms with E-state index in [0.717, 1.165) is 12.8 Å². The van der Waals surface area contributed by atoms with Crippen LogP contribution in [0.3, 0.4) is 0 Å². The topological polar surface area (TPSA) is 104 Å². The largest absolute Gasteiger partial charge is 0.370 e. The summed E-state index contributed by atoms with van der Waals surface area (Å²) in [5.74, 6) is 0. The van der Waals surface area contributed by atoms with Crippen LogP contribution in [0.2, 0.25) is 0 Å². The van der Waals surface area contributed by atoms with Gasteiger partial charge in [0.25, 0.3) is 0 Å². The molecule has 0 spiro atoms. The Bertz CT molecular complexity index is 565. The van der Waals surface area contributed by atoms with Crippen LogP contribution in [0, 0.1) is 44.8 Å². The summed E-state index contributed by atoms with van der Waals surface area (Å²) in [6.07, 6.45) is 2.67. The van der Waals surface area contributed by atoms with Crippen molar-refractivity contribution in [2.75, 3.05) is 0 Å². The van der Waals surface area contributed by atoms with Crippen molar-refractivity contribution in [2.24, 2.45) is 10.8 Å². The molecule has 2 aliphatic rings. The number of nitrogens with one attached hydrogen (secondary N) is 1. The van der Waals surface area contributed by atoms with Crippen LogP contribution in [0.15, 0.2) is 9.28 Å². The quantitative estimate of drug-likeness (QED) is 0.503. The Balaban J connectivity index is 2.79. The molecule has 2 rings (SSSR count). The number of allylic oxidation sites excluding steroid dienone is 1. The second-order valence-electron chi connectivity index (χ2n) is 5.30. The predicted molar refractivity (Wildman–Crippen MR) is 75.0 cm³/mol. The lowest BCUT2D eigenvalue weighted by molar-refractivity contribution is -0.155. The third-order valence-corrected chi connectivity index (χ3v) is 5.37.